The Morgan fingerprint density at radius 1 is 1.48 bits per heavy atom. The van der Waals surface area contributed by atoms with Gasteiger partial charge in [0.1, 0.15) is 10.6 Å². The van der Waals surface area contributed by atoms with Crippen LogP contribution < -0.4 is 10.5 Å². The molecule has 0 saturated carbocycles. The number of hydrogen-bond donors (Lipinski definition) is 2. The number of hydrogen-bond acceptors (Lipinski definition) is 7. The van der Waals surface area contributed by atoms with Gasteiger partial charge in [-0.15, -0.1) is 0 Å². The SMILES string of the molecule is CN(C)CC(=O)N1CC[C@@H](Nc2c([N+](=O)[O-])cccc2S(N)(=O)=O)C1. The van der Waals surface area contributed by atoms with Crippen molar-refractivity contribution in [2.45, 2.75) is 17.4 Å². The van der Waals surface area contributed by atoms with Crippen molar-refractivity contribution < 1.29 is 18.1 Å². The molecule has 1 aliphatic rings. The normalized spacial score (nSPS) is 17.8. The molecule has 11 heteroatoms. The van der Waals surface area contributed by atoms with Gasteiger partial charge in [-0.3, -0.25) is 14.9 Å². The van der Waals surface area contributed by atoms with E-state index in [1.807, 2.05) is 0 Å². The summed E-state index contributed by atoms with van der Waals surface area (Å²) >= 11 is 0. The number of likely N-dealkylation sites (tertiary alicyclic amines) is 1. The highest BCUT2D eigenvalue weighted by molar-refractivity contribution is 7.89. The molecule has 25 heavy (non-hydrogen) atoms. The fourth-order valence-corrected chi connectivity index (χ4v) is 3.45. The minimum Gasteiger partial charge on any atom is -0.374 e. The predicted octanol–water partition coefficient (Wildman–Crippen LogP) is -0.183. The third kappa shape index (κ3) is 4.65. The maximum Gasteiger partial charge on any atom is 0.293 e. The molecule has 1 aliphatic heterocycles. The van der Waals surface area contributed by atoms with E-state index in [9.17, 15) is 23.3 Å². The number of primary sulfonamides is 1. The van der Waals surface area contributed by atoms with E-state index in [1.165, 1.54) is 18.2 Å². The van der Waals surface area contributed by atoms with Crippen LogP contribution in [0.4, 0.5) is 11.4 Å². The molecule has 1 atom stereocenters. The number of nitrogens with one attached hydrogen (secondary N) is 1. The van der Waals surface area contributed by atoms with Gasteiger partial charge in [0.05, 0.1) is 11.5 Å². The first kappa shape index (κ1) is 19.1. The topological polar surface area (TPSA) is 139 Å². The molecule has 0 unspecified atom stereocenters. The predicted molar refractivity (Wildman–Crippen MR) is 91.6 cm³/mol. The fraction of sp³-hybridized carbons (Fsp3) is 0.500. The first-order valence-corrected chi connectivity index (χ1v) is 9.13. The molecule has 1 aromatic rings. The lowest BCUT2D eigenvalue weighted by Gasteiger charge is -2.20. The van der Waals surface area contributed by atoms with Gasteiger partial charge in [0.15, 0.2) is 0 Å². The smallest absolute Gasteiger partial charge is 0.293 e. The number of anilines is 1. The van der Waals surface area contributed by atoms with Crippen LogP contribution in [0.25, 0.3) is 0 Å². The average molecular weight is 371 g/mol. The van der Waals surface area contributed by atoms with Crippen molar-refractivity contribution in [2.24, 2.45) is 5.14 Å². The van der Waals surface area contributed by atoms with Crippen LogP contribution in [-0.2, 0) is 14.8 Å². The lowest BCUT2D eigenvalue weighted by molar-refractivity contribution is -0.384. The summed E-state index contributed by atoms with van der Waals surface area (Å²) in [5, 5.41) is 19.3. The van der Waals surface area contributed by atoms with Crippen LogP contribution in [0.15, 0.2) is 23.1 Å². The van der Waals surface area contributed by atoms with Crippen molar-refractivity contribution in [1.82, 2.24) is 9.80 Å². The Balaban J connectivity index is 2.23. The molecule has 0 aromatic heterocycles. The van der Waals surface area contributed by atoms with E-state index >= 15 is 0 Å². The Morgan fingerprint density at radius 3 is 2.72 bits per heavy atom. The zero-order chi connectivity index (χ0) is 18.8. The minimum absolute atomic E-state index is 0.0523. The summed E-state index contributed by atoms with van der Waals surface area (Å²) in [7, 11) is -0.557. The third-order valence-electron chi connectivity index (χ3n) is 3.85. The van der Waals surface area contributed by atoms with Crippen LogP contribution in [0.1, 0.15) is 6.42 Å². The number of sulfonamides is 1. The molecule has 0 spiro atoms. The number of para-hydroxylation sites is 1. The molecule has 10 nitrogen and oxygen atoms in total. The number of benzene rings is 1. The zero-order valence-electron chi connectivity index (χ0n) is 14.0. The van der Waals surface area contributed by atoms with Gasteiger partial charge in [0.2, 0.25) is 15.9 Å². The largest absolute Gasteiger partial charge is 0.374 e. The highest BCUT2D eigenvalue weighted by Crippen LogP contribution is 2.32. The summed E-state index contributed by atoms with van der Waals surface area (Å²) in [6.45, 7) is 1.10. The molecular weight excluding hydrogens is 350 g/mol. The Kier molecular flexibility index (Phi) is 5.60. The third-order valence-corrected chi connectivity index (χ3v) is 4.80. The van der Waals surface area contributed by atoms with Crippen molar-refractivity contribution in [3.8, 4) is 0 Å². The Labute approximate surface area is 145 Å². The maximum atomic E-state index is 12.1. The molecule has 1 amide bonds. The summed E-state index contributed by atoms with van der Waals surface area (Å²) in [4.78, 5) is 25.7. The second kappa shape index (κ2) is 7.33. The number of nitrogens with two attached hydrogens (primary N) is 1. The zero-order valence-corrected chi connectivity index (χ0v) is 14.8. The van der Waals surface area contributed by atoms with Gasteiger partial charge in [-0.25, -0.2) is 13.6 Å². The molecule has 0 bridgehead atoms. The van der Waals surface area contributed by atoms with Gasteiger partial charge in [0, 0.05) is 25.2 Å². The molecule has 1 fully saturated rings. The first-order valence-electron chi connectivity index (χ1n) is 7.59. The molecule has 2 rings (SSSR count). The van der Waals surface area contributed by atoms with Gasteiger partial charge in [0.25, 0.3) is 5.69 Å². The summed E-state index contributed by atoms with van der Waals surface area (Å²) in [6, 6.07) is 3.40. The number of nitro groups is 1. The van der Waals surface area contributed by atoms with Gasteiger partial charge in [-0.05, 0) is 26.6 Å². The maximum absolute atomic E-state index is 12.1. The van der Waals surface area contributed by atoms with Crippen LogP contribution >= 0.6 is 0 Å². The van der Waals surface area contributed by atoms with Gasteiger partial charge >= 0.3 is 0 Å². The molecule has 0 aliphatic carbocycles. The standard InChI is InChI=1S/C14H21N5O5S/c1-17(2)9-13(20)18-7-6-10(8-18)16-14-11(19(21)22)4-3-5-12(14)25(15,23)24/h3-5,10,16H,6-9H2,1-2H3,(H2,15,23,24)/t10-/m1/s1. The summed E-state index contributed by atoms with van der Waals surface area (Å²) < 4.78 is 23.5. The summed E-state index contributed by atoms with van der Waals surface area (Å²) in [6.07, 6.45) is 0.551. The average Bonchev–Trinajstić information content (AvgIpc) is 2.94. The molecule has 1 saturated heterocycles. The number of carbonyl (C=O) groups is 1. The van der Waals surface area contributed by atoms with Gasteiger partial charge < -0.3 is 15.1 Å². The molecule has 3 N–H and O–H groups in total. The van der Waals surface area contributed by atoms with Crippen LogP contribution in [-0.4, -0.2) is 68.8 Å². The Bertz CT molecular complexity index is 780. The quantitative estimate of drug-likeness (QED) is 0.522. The second-order valence-corrected chi connectivity index (χ2v) is 7.69. The summed E-state index contributed by atoms with van der Waals surface area (Å²) in [5.74, 6) is -0.0523. The monoisotopic (exact) mass is 371 g/mol. The van der Waals surface area contributed by atoms with E-state index in [1.54, 1.807) is 23.9 Å². The molecule has 0 radical (unpaired) electrons. The van der Waals surface area contributed by atoms with Gasteiger partial charge in [-0.2, -0.15) is 0 Å². The van der Waals surface area contributed by atoms with E-state index in [0.29, 0.717) is 19.5 Å². The van der Waals surface area contributed by atoms with E-state index in [2.05, 4.69) is 5.32 Å². The lowest BCUT2D eigenvalue weighted by Crippen LogP contribution is -2.37. The Hall–Kier alpha value is -2.24. The van der Waals surface area contributed by atoms with Crippen molar-refractivity contribution in [2.75, 3.05) is 39.0 Å². The molecule has 138 valence electrons. The van der Waals surface area contributed by atoms with E-state index < -0.39 is 14.9 Å². The Morgan fingerprint density at radius 2 is 2.16 bits per heavy atom. The highest BCUT2D eigenvalue weighted by atomic mass is 32.2. The number of likely N-dealkylation sites (N-methyl/N-ethyl adjacent to an activating group) is 1. The van der Waals surface area contributed by atoms with Gasteiger partial charge in [-0.1, -0.05) is 6.07 Å². The number of amides is 1. The van der Waals surface area contributed by atoms with Crippen molar-refractivity contribution in [1.29, 1.82) is 0 Å². The van der Waals surface area contributed by atoms with Crippen LogP contribution in [0, 0.1) is 10.1 Å². The highest BCUT2D eigenvalue weighted by Gasteiger charge is 2.30. The molecule has 1 aromatic carbocycles. The molecule has 1 heterocycles. The van der Waals surface area contributed by atoms with E-state index in [-0.39, 0.29) is 34.8 Å². The number of nitro benzene ring substituents is 1. The van der Waals surface area contributed by atoms with E-state index in [0.717, 1.165) is 0 Å². The minimum atomic E-state index is -4.13. The van der Waals surface area contributed by atoms with E-state index in [4.69, 9.17) is 5.14 Å². The second-order valence-electron chi connectivity index (χ2n) is 6.16. The van der Waals surface area contributed by atoms with Crippen molar-refractivity contribution in [3.63, 3.8) is 0 Å². The first-order chi connectivity index (χ1) is 11.6. The fourth-order valence-electron chi connectivity index (χ4n) is 2.73. The number of carbonyl (C=O) groups excluding carboxylic acids is 1. The van der Waals surface area contributed by atoms with Crippen molar-refractivity contribution in [3.05, 3.63) is 28.3 Å². The number of nitrogens with zero attached hydrogens (tertiary/aromatic N) is 3. The number of rotatable bonds is 6. The molecular formula is C14H21N5O5S. The summed E-state index contributed by atoms with van der Waals surface area (Å²) in [5.41, 5.74) is -0.508. The van der Waals surface area contributed by atoms with Crippen LogP contribution in [0.3, 0.4) is 0 Å². The lowest BCUT2D eigenvalue weighted by atomic mass is 10.2. The van der Waals surface area contributed by atoms with Crippen LogP contribution in [0.5, 0.6) is 0 Å². The van der Waals surface area contributed by atoms with Crippen LogP contribution in [0.2, 0.25) is 0 Å². The van der Waals surface area contributed by atoms with Crippen molar-refractivity contribution >= 4 is 27.3 Å².